The van der Waals surface area contributed by atoms with Crippen LogP contribution >= 0.6 is 0 Å². The third kappa shape index (κ3) is 4.14. The molecular formula is C12H21N3O5S. The van der Waals surface area contributed by atoms with Gasteiger partial charge in [-0.05, 0) is 12.8 Å². The van der Waals surface area contributed by atoms with E-state index in [1.54, 1.807) is 4.90 Å². The van der Waals surface area contributed by atoms with Crippen molar-refractivity contribution < 1.29 is 22.7 Å². The molecule has 2 saturated heterocycles. The van der Waals surface area contributed by atoms with E-state index in [2.05, 4.69) is 10.0 Å². The molecule has 9 heteroatoms. The van der Waals surface area contributed by atoms with Crippen molar-refractivity contribution in [2.24, 2.45) is 0 Å². The van der Waals surface area contributed by atoms with Crippen molar-refractivity contribution in [2.45, 2.75) is 38.0 Å². The Bertz CT molecular complexity index is 521. The molecule has 2 aliphatic rings. The summed E-state index contributed by atoms with van der Waals surface area (Å²) in [4.78, 5) is 24.7. The number of ether oxygens (including phenoxy) is 1. The van der Waals surface area contributed by atoms with Crippen LogP contribution in [-0.2, 0) is 24.3 Å². The lowest BCUT2D eigenvalue weighted by atomic mass is 10.0. The first kappa shape index (κ1) is 16.2. The fourth-order valence-corrected chi connectivity index (χ4v) is 3.68. The first-order valence-corrected chi connectivity index (χ1v) is 8.80. The Balaban J connectivity index is 2.08. The topological polar surface area (TPSA) is 105 Å². The fraction of sp³-hybridized carbons (Fsp3) is 0.833. The SMILES string of the molecule is CC(=O)NCC(=O)N1C[C@@H](NS(C)(=O)=O)[C@H]2OCCC[C@H]21. The standard InChI is InChI=1S/C12H21N3O5S/c1-8(16)13-6-11(17)15-7-9(14-21(2,18)19)12-10(15)4-3-5-20-12/h9-10,12,14H,3-7H2,1-2H3,(H,13,16)/t9-,10-,12-/m1/s1. The van der Waals surface area contributed by atoms with Gasteiger partial charge in [-0.2, -0.15) is 0 Å². The summed E-state index contributed by atoms with van der Waals surface area (Å²) in [5, 5.41) is 2.47. The average Bonchev–Trinajstić information content (AvgIpc) is 2.73. The van der Waals surface area contributed by atoms with Crippen molar-refractivity contribution in [1.29, 1.82) is 0 Å². The molecule has 0 saturated carbocycles. The maximum Gasteiger partial charge on any atom is 0.242 e. The first-order valence-electron chi connectivity index (χ1n) is 6.91. The Morgan fingerprint density at radius 3 is 2.71 bits per heavy atom. The monoisotopic (exact) mass is 319 g/mol. The normalized spacial score (nSPS) is 29.0. The molecule has 2 rings (SSSR count). The third-order valence-electron chi connectivity index (χ3n) is 3.70. The second kappa shape index (κ2) is 6.29. The zero-order valence-corrected chi connectivity index (χ0v) is 13.0. The largest absolute Gasteiger partial charge is 0.374 e. The van der Waals surface area contributed by atoms with Crippen LogP contribution in [0.1, 0.15) is 19.8 Å². The van der Waals surface area contributed by atoms with Crippen molar-refractivity contribution in [2.75, 3.05) is 26.0 Å². The molecule has 120 valence electrons. The van der Waals surface area contributed by atoms with Crippen LogP contribution in [0.15, 0.2) is 0 Å². The predicted octanol–water partition coefficient (Wildman–Crippen LogP) is -1.57. The van der Waals surface area contributed by atoms with Gasteiger partial charge in [-0.1, -0.05) is 0 Å². The highest BCUT2D eigenvalue weighted by Crippen LogP contribution is 2.29. The Morgan fingerprint density at radius 2 is 2.10 bits per heavy atom. The minimum atomic E-state index is -3.37. The number of rotatable bonds is 4. The van der Waals surface area contributed by atoms with Gasteiger partial charge in [0.25, 0.3) is 0 Å². The number of hydrogen-bond acceptors (Lipinski definition) is 5. The number of sulfonamides is 1. The number of fused-ring (bicyclic) bond motifs is 1. The molecule has 2 amide bonds. The molecular weight excluding hydrogens is 298 g/mol. The van der Waals surface area contributed by atoms with Crippen LogP contribution in [0, 0.1) is 0 Å². The molecule has 0 bridgehead atoms. The summed E-state index contributed by atoms with van der Waals surface area (Å²) in [7, 11) is -3.37. The highest BCUT2D eigenvalue weighted by molar-refractivity contribution is 7.88. The number of carbonyl (C=O) groups excluding carboxylic acids is 2. The number of nitrogens with one attached hydrogen (secondary N) is 2. The summed E-state index contributed by atoms with van der Waals surface area (Å²) in [6, 6.07) is -0.578. The van der Waals surface area contributed by atoms with Crippen LogP contribution in [0.3, 0.4) is 0 Å². The zero-order valence-electron chi connectivity index (χ0n) is 12.2. The van der Waals surface area contributed by atoms with Gasteiger partial charge in [-0.25, -0.2) is 13.1 Å². The molecule has 2 heterocycles. The maximum atomic E-state index is 12.2. The van der Waals surface area contributed by atoms with Gasteiger partial charge < -0.3 is 15.0 Å². The molecule has 0 aromatic carbocycles. The summed E-state index contributed by atoms with van der Waals surface area (Å²) in [5.74, 6) is -0.492. The lowest BCUT2D eigenvalue weighted by molar-refractivity contribution is -0.135. The van der Waals surface area contributed by atoms with Crippen LogP contribution in [0.5, 0.6) is 0 Å². The molecule has 2 N–H and O–H groups in total. The van der Waals surface area contributed by atoms with Crippen LogP contribution in [-0.4, -0.2) is 69.3 Å². The van der Waals surface area contributed by atoms with Crippen LogP contribution in [0.2, 0.25) is 0 Å². The van der Waals surface area contributed by atoms with E-state index in [0.29, 0.717) is 6.61 Å². The van der Waals surface area contributed by atoms with E-state index in [9.17, 15) is 18.0 Å². The van der Waals surface area contributed by atoms with E-state index in [4.69, 9.17) is 4.74 Å². The minimum Gasteiger partial charge on any atom is -0.374 e. The van der Waals surface area contributed by atoms with E-state index in [1.165, 1.54) is 6.92 Å². The quantitative estimate of drug-likeness (QED) is 0.651. The number of nitrogens with zero attached hydrogens (tertiary/aromatic N) is 1. The minimum absolute atomic E-state index is 0.0792. The van der Waals surface area contributed by atoms with Crippen LogP contribution in [0.25, 0.3) is 0 Å². The molecule has 0 spiro atoms. The highest BCUT2D eigenvalue weighted by atomic mass is 32.2. The Hall–Kier alpha value is -1.19. The van der Waals surface area contributed by atoms with Gasteiger partial charge >= 0.3 is 0 Å². The zero-order chi connectivity index (χ0) is 15.6. The smallest absolute Gasteiger partial charge is 0.242 e. The summed E-state index contributed by atoms with van der Waals surface area (Å²) >= 11 is 0. The fourth-order valence-electron chi connectivity index (χ4n) is 2.92. The molecule has 3 atom stereocenters. The molecule has 0 unspecified atom stereocenters. The molecule has 0 aliphatic carbocycles. The van der Waals surface area contributed by atoms with Gasteiger partial charge in [-0.3, -0.25) is 9.59 Å². The van der Waals surface area contributed by atoms with Crippen LogP contribution in [0.4, 0.5) is 0 Å². The van der Waals surface area contributed by atoms with E-state index in [-0.39, 0.29) is 37.0 Å². The summed E-state index contributed by atoms with van der Waals surface area (Å²) in [6.07, 6.45) is 2.37. The lowest BCUT2D eigenvalue weighted by Gasteiger charge is -2.32. The Labute approximate surface area is 124 Å². The molecule has 2 aliphatic heterocycles. The lowest BCUT2D eigenvalue weighted by Crippen LogP contribution is -2.48. The van der Waals surface area contributed by atoms with Gasteiger partial charge in [0.1, 0.15) is 0 Å². The molecule has 0 radical (unpaired) electrons. The predicted molar refractivity (Wildman–Crippen MR) is 74.9 cm³/mol. The second-order valence-electron chi connectivity index (χ2n) is 5.50. The third-order valence-corrected chi connectivity index (χ3v) is 4.43. The Kier molecular flexibility index (Phi) is 4.84. The highest BCUT2D eigenvalue weighted by Gasteiger charge is 2.46. The van der Waals surface area contributed by atoms with Gasteiger partial charge in [0.05, 0.1) is 31.0 Å². The van der Waals surface area contributed by atoms with Crippen molar-refractivity contribution in [3.05, 3.63) is 0 Å². The first-order chi connectivity index (χ1) is 9.78. The molecule has 0 aromatic rings. The molecule has 8 nitrogen and oxygen atoms in total. The summed E-state index contributed by atoms with van der Waals surface area (Å²) in [6.45, 7) is 2.10. The van der Waals surface area contributed by atoms with Crippen molar-refractivity contribution in [3.63, 3.8) is 0 Å². The van der Waals surface area contributed by atoms with Gasteiger partial charge in [0, 0.05) is 20.1 Å². The number of carbonyl (C=O) groups is 2. The van der Waals surface area contributed by atoms with E-state index in [1.807, 2.05) is 0 Å². The van der Waals surface area contributed by atoms with Gasteiger partial charge in [0.2, 0.25) is 21.8 Å². The average molecular weight is 319 g/mol. The van der Waals surface area contributed by atoms with Crippen molar-refractivity contribution in [3.8, 4) is 0 Å². The summed E-state index contributed by atoms with van der Waals surface area (Å²) in [5.41, 5.74) is 0. The van der Waals surface area contributed by atoms with Crippen molar-refractivity contribution >= 4 is 21.8 Å². The van der Waals surface area contributed by atoms with Gasteiger partial charge in [0.15, 0.2) is 0 Å². The van der Waals surface area contributed by atoms with E-state index in [0.717, 1.165) is 19.1 Å². The molecule has 0 aromatic heterocycles. The van der Waals surface area contributed by atoms with E-state index >= 15 is 0 Å². The number of amides is 2. The number of likely N-dealkylation sites (tertiary alicyclic amines) is 1. The molecule has 21 heavy (non-hydrogen) atoms. The summed E-state index contributed by atoms with van der Waals surface area (Å²) < 4.78 is 31.0. The van der Waals surface area contributed by atoms with E-state index < -0.39 is 16.1 Å². The Morgan fingerprint density at radius 1 is 1.38 bits per heavy atom. The molecule has 2 fully saturated rings. The van der Waals surface area contributed by atoms with Gasteiger partial charge in [-0.15, -0.1) is 0 Å². The maximum absolute atomic E-state index is 12.2. The van der Waals surface area contributed by atoms with Crippen LogP contribution < -0.4 is 10.0 Å². The number of hydrogen-bond donors (Lipinski definition) is 2. The second-order valence-corrected chi connectivity index (χ2v) is 7.28. The van der Waals surface area contributed by atoms with Crippen molar-refractivity contribution in [1.82, 2.24) is 14.9 Å².